The largest absolute Gasteiger partial charge is 0.352 e. The summed E-state index contributed by atoms with van der Waals surface area (Å²) in [5, 5.41) is 8.09. The van der Waals surface area contributed by atoms with Gasteiger partial charge in [0, 0.05) is 23.9 Å². The van der Waals surface area contributed by atoms with Crippen LogP contribution in [0.25, 0.3) is 10.9 Å². The summed E-state index contributed by atoms with van der Waals surface area (Å²) in [4.78, 5) is 51.7. The highest BCUT2D eigenvalue weighted by Crippen LogP contribution is 2.09. The molecule has 1 atom stereocenters. The van der Waals surface area contributed by atoms with Crippen molar-refractivity contribution >= 4 is 34.1 Å². The number of hydrogen-bond acceptors (Lipinski definition) is 5. The zero-order valence-electron chi connectivity index (χ0n) is 19.0. The maximum Gasteiger partial charge on any atom is 0.331 e. The molecular formula is C24H30N4O4S. The highest BCUT2D eigenvalue weighted by Gasteiger charge is 2.16. The minimum Gasteiger partial charge on any atom is -0.352 e. The van der Waals surface area contributed by atoms with Crippen molar-refractivity contribution < 1.29 is 9.59 Å². The Balaban J connectivity index is 1.69. The molecule has 0 saturated carbocycles. The fourth-order valence-corrected chi connectivity index (χ4v) is 4.17. The number of nitrogens with zero attached hydrogens (tertiary/aromatic N) is 2. The van der Waals surface area contributed by atoms with E-state index in [9.17, 15) is 19.2 Å². The summed E-state index contributed by atoms with van der Waals surface area (Å²) in [5.41, 5.74) is -0.451. The third-order valence-corrected chi connectivity index (χ3v) is 6.41. The lowest BCUT2D eigenvalue weighted by atomic mass is 10.2. The number of hydrogen-bond donors (Lipinski definition) is 2. The van der Waals surface area contributed by atoms with Gasteiger partial charge in [0.25, 0.3) is 5.56 Å². The Hall–Kier alpha value is -3.20. The second kappa shape index (κ2) is 11.6. The van der Waals surface area contributed by atoms with Gasteiger partial charge in [0.1, 0.15) is 6.54 Å². The standard InChI is InChI=1S/C24H30N4O4S/c1-3-17(2)26-22(30)16-28-20-11-5-4-10-19(20)23(31)27(24(28)32)13-7-6-12-21(29)25-15-18-9-8-14-33-18/h4-5,8-11,14,17H,3,6-7,12-13,15-16H2,1-2H3,(H,25,29)(H,26,30)/t17-/m1/s1. The van der Waals surface area contributed by atoms with E-state index in [2.05, 4.69) is 10.6 Å². The van der Waals surface area contributed by atoms with Crippen molar-refractivity contribution in [2.24, 2.45) is 0 Å². The van der Waals surface area contributed by atoms with Crippen molar-refractivity contribution in [2.75, 3.05) is 0 Å². The molecule has 0 aliphatic rings. The molecule has 0 fully saturated rings. The van der Waals surface area contributed by atoms with Crippen LogP contribution in [0.15, 0.2) is 51.4 Å². The Morgan fingerprint density at radius 3 is 2.55 bits per heavy atom. The highest BCUT2D eigenvalue weighted by atomic mass is 32.1. The average Bonchev–Trinajstić information content (AvgIpc) is 3.33. The summed E-state index contributed by atoms with van der Waals surface area (Å²) < 4.78 is 2.52. The number of aromatic nitrogens is 2. The van der Waals surface area contributed by atoms with E-state index in [1.54, 1.807) is 35.6 Å². The first-order valence-electron chi connectivity index (χ1n) is 11.2. The first-order chi connectivity index (χ1) is 15.9. The number of amides is 2. The van der Waals surface area contributed by atoms with Gasteiger partial charge in [-0.25, -0.2) is 4.79 Å². The number of thiophene rings is 1. The van der Waals surface area contributed by atoms with Crippen molar-refractivity contribution in [1.82, 2.24) is 19.8 Å². The van der Waals surface area contributed by atoms with Crippen LogP contribution in [0.1, 0.15) is 44.4 Å². The zero-order chi connectivity index (χ0) is 23.8. The van der Waals surface area contributed by atoms with E-state index in [0.29, 0.717) is 36.7 Å². The second-order valence-electron chi connectivity index (χ2n) is 8.03. The topological polar surface area (TPSA) is 102 Å². The van der Waals surface area contributed by atoms with E-state index in [-0.39, 0.29) is 36.5 Å². The lowest BCUT2D eigenvalue weighted by molar-refractivity contribution is -0.122. The van der Waals surface area contributed by atoms with Crippen LogP contribution in [0, 0.1) is 0 Å². The van der Waals surface area contributed by atoms with Gasteiger partial charge in [0.2, 0.25) is 11.8 Å². The predicted molar refractivity (Wildman–Crippen MR) is 130 cm³/mol. The second-order valence-corrected chi connectivity index (χ2v) is 9.06. The smallest absolute Gasteiger partial charge is 0.331 e. The molecule has 2 N–H and O–H groups in total. The van der Waals surface area contributed by atoms with Crippen molar-refractivity contribution in [3.8, 4) is 0 Å². The third kappa shape index (κ3) is 6.41. The van der Waals surface area contributed by atoms with Gasteiger partial charge in [-0.3, -0.25) is 23.5 Å². The summed E-state index contributed by atoms with van der Waals surface area (Å²) in [6, 6.07) is 10.7. The van der Waals surface area contributed by atoms with Crippen LogP contribution in [-0.2, 0) is 29.2 Å². The highest BCUT2D eigenvalue weighted by molar-refractivity contribution is 7.09. The van der Waals surface area contributed by atoms with E-state index in [1.807, 2.05) is 31.4 Å². The molecule has 8 nitrogen and oxygen atoms in total. The number of benzene rings is 1. The van der Waals surface area contributed by atoms with Crippen LogP contribution >= 0.6 is 11.3 Å². The Kier molecular flexibility index (Phi) is 8.59. The molecule has 3 aromatic rings. The number of carbonyl (C=O) groups excluding carboxylic acids is 2. The monoisotopic (exact) mass is 470 g/mol. The molecule has 0 saturated heterocycles. The van der Waals surface area contributed by atoms with Gasteiger partial charge in [-0.05, 0) is 49.8 Å². The number of nitrogens with one attached hydrogen (secondary N) is 2. The van der Waals surface area contributed by atoms with Crippen LogP contribution in [0.5, 0.6) is 0 Å². The van der Waals surface area contributed by atoms with Gasteiger partial charge in [-0.1, -0.05) is 25.1 Å². The first kappa shape index (κ1) is 24.4. The molecule has 33 heavy (non-hydrogen) atoms. The first-order valence-corrected chi connectivity index (χ1v) is 12.1. The molecular weight excluding hydrogens is 440 g/mol. The molecule has 2 amide bonds. The minimum absolute atomic E-state index is 0.00339. The van der Waals surface area contributed by atoms with E-state index < -0.39 is 5.69 Å². The zero-order valence-corrected chi connectivity index (χ0v) is 19.8. The minimum atomic E-state index is -0.514. The molecule has 0 unspecified atom stereocenters. The Morgan fingerprint density at radius 2 is 1.82 bits per heavy atom. The number of unbranched alkanes of at least 4 members (excludes halogenated alkanes) is 1. The van der Waals surface area contributed by atoms with Crippen LogP contribution in [0.2, 0.25) is 0 Å². The maximum absolute atomic E-state index is 13.1. The molecule has 0 bridgehead atoms. The van der Waals surface area contributed by atoms with E-state index >= 15 is 0 Å². The van der Waals surface area contributed by atoms with Crippen LogP contribution in [0.3, 0.4) is 0 Å². The molecule has 9 heteroatoms. The number of para-hydroxylation sites is 1. The normalized spacial score (nSPS) is 11.9. The molecule has 0 spiro atoms. The molecule has 1 aromatic carbocycles. The lowest BCUT2D eigenvalue weighted by Gasteiger charge is -2.16. The van der Waals surface area contributed by atoms with Crippen molar-refractivity contribution in [2.45, 2.75) is 65.2 Å². The summed E-state index contributed by atoms with van der Waals surface area (Å²) in [5.74, 6) is -0.336. The van der Waals surface area contributed by atoms with Crippen molar-refractivity contribution in [1.29, 1.82) is 0 Å². The summed E-state index contributed by atoms with van der Waals surface area (Å²) >= 11 is 1.59. The predicted octanol–water partition coefficient (Wildman–Crippen LogP) is 2.63. The van der Waals surface area contributed by atoms with E-state index in [1.165, 1.54) is 9.13 Å². The van der Waals surface area contributed by atoms with Crippen molar-refractivity contribution in [3.05, 3.63) is 67.5 Å². The molecule has 2 aromatic heterocycles. The van der Waals surface area contributed by atoms with Gasteiger partial charge >= 0.3 is 5.69 Å². The molecule has 2 heterocycles. The van der Waals surface area contributed by atoms with Crippen molar-refractivity contribution in [3.63, 3.8) is 0 Å². The summed E-state index contributed by atoms with van der Waals surface area (Å²) in [6.07, 6.45) is 2.14. The number of carbonyl (C=O) groups is 2. The van der Waals surface area contributed by atoms with Crippen LogP contribution in [0.4, 0.5) is 0 Å². The molecule has 0 aliphatic heterocycles. The third-order valence-electron chi connectivity index (χ3n) is 5.53. The Morgan fingerprint density at radius 1 is 1.03 bits per heavy atom. The van der Waals surface area contributed by atoms with Gasteiger partial charge in [-0.15, -0.1) is 11.3 Å². The van der Waals surface area contributed by atoms with Gasteiger partial charge in [0.05, 0.1) is 17.4 Å². The van der Waals surface area contributed by atoms with Crippen LogP contribution < -0.4 is 21.9 Å². The SMILES string of the molecule is CC[C@@H](C)NC(=O)Cn1c(=O)n(CCCCC(=O)NCc2cccs2)c(=O)c2ccccc21. The fraction of sp³-hybridized carbons (Fsp3) is 0.417. The molecule has 0 aliphatic carbocycles. The lowest BCUT2D eigenvalue weighted by Crippen LogP contribution is -2.43. The Labute approximate surface area is 196 Å². The van der Waals surface area contributed by atoms with Crippen LogP contribution in [-0.4, -0.2) is 27.0 Å². The van der Waals surface area contributed by atoms with Gasteiger partial charge in [0.15, 0.2) is 0 Å². The number of fused-ring (bicyclic) bond motifs is 1. The van der Waals surface area contributed by atoms with E-state index in [0.717, 1.165) is 11.3 Å². The summed E-state index contributed by atoms with van der Waals surface area (Å²) in [6.45, 7) is 4.40. The average molecular weight is 471 g/mol. The Bertz CT molecular complexity index is 1210. The molecule has 0 radical (unpaired) electrons. The fourth-order valence-electron chi connectivity index (χ4n) is 3.53. The molecule has 176 valence electrons. The van der Waals surface area contributed by atoms with Gasteiger partial charge in [-0.2, -0.15) is 0 Å². The quantitative estimate of drug-likeness (QED) is 0.421. The van der Waals surface area contributed by atoms with E-state index in [4.69, 9.17) is 0 Å². The maximum atomic E-state index is 13.1. The summed E-state index contributed by atoms with van der Waals surface area (Å²) in [7, 11) is 0. The molecule has 3 rings (SSSR count). The van der Waals surface area contributed by atoms with Gasteiger partial charge < -0.3 is 10.6 Å². The number of rotatable bonds is 11.